The summed E-state index contributed by atoms with van der Waals surface area (Å²) in [6.07, 6.45) is 0.923. The third kappa shape index (κ3) is 7.07. The number of methoxy groups -OCH3 is 1. The number of hydrogen-bond donors (Lipinski definition) is 2. The van der Waals surface area contributed by atoms with Crippen LogP contribution in [0.25, 0.3) is 0 Å². The number of carbonyl (C=O) groups excluding carboxylic acids is 1. The van der Waals surface area contributed by atoms with Crippen molar-refractivity contribution < 1.29 is 14.3 Å². The number of aliphatic imine (C=N–C) groups is 1. The molecule has 0 saturated heterocycles. The van der Waals surface area contributed by atoms with E-state index >= 15 is 0 Å². The number of nitrogens with one attached hydrogen (secondary N) is 2. The maximum Gasteiger partial charge on any atom is 0.243 e. The van der Waals surface area contributed by atoms with Crippen molar-refractivity contribution in [2.75, 3.05) is 47.4 Å². The van der Waals surface area contributed by atoms with Crippen LogP contribution in [-0.4, -0.2) is 70.3 Å². The monoisotopic (exact) mass is 462 g/mol. The third-order valence-corrected chi connectivity index (χ3v) is 3.68. The van der Waals surface area contributed by atoms with Crippen LogP contribution in [0.4, 0.5) is 0 Å². The Morgan fingerprint density at radius 1 is 1.36 bits per heavy atom. The second-order valence-electron chi connectivity index (χ2n) is 5.81. The number of nitrogens with zero attached hydrogens (tertiary/aromatic N) is 2. The van der Waals surface area contributed by atoms with Gasteiger partial charge in [-0.05, 0) is 11.6 Å². The zero-order valence-corrected chi connectivity index (χ0v) is 17.3. The summed E-state index contributed by atoms with van der Waals surface area (Å²) in [7, 11) is 5.07. The number of carbonyl (C=O) groups is 1. The normalized spacial score (nSPS) is 15.6. The van der Waals surface area contributed by atoms with Gasteiger partial charge in [0.15, 0.2) is 5.96 Å². The van der Waals surface area contributed by atoms with Gasteiger partial charge < -0.3 is 25.0 Å². The molecule has 1 aliphatic heterocycles. The van der Waals surface area contributed by atoms with E-state index in [4.69, 9.17) is 9.47 Å². The largest absolute Gasteiger partial charge is 0.488 e. The molecule has 0 bridgehead atoms. The Hall–Kier alpha value is -1.55. The average Bonchev–Trinajstić information content (AvgIpc) is 2.99. The maximum absolute atomic E-state index is 11.7. The number of halogens is 1. The molecule has 1 heterocycles. The summed E-state index contributed by atoms with van der Waals surface area (Å²) in [4.78, 5) is 17.5. The zero-order chi connectivity index (χ0) is 17.4. The lowest BCUT2D eigenvalue weighted by molar-refractivity contribution is -0.127. The van der Waals surface area contributed by atoms with Gasteiger partial charge in [-0.3, -0.25) is 4.79 Å². The minimum absolute atomic E-state index is 0. The molecule has 0 saturated carbocycles. The van der Waals surface area contributed by atoms with E-state index in [2.05, 4.69) is 21.7 Å². The number of fused-ring (bicyclic) bond motifs is 1. The summed E-state index contributed by atoms with van der Waals surface area (Å²) in [5.41, 5.74) is 1.22. The lowest BCUT2D eigenvalue weighted by Gasteiger charge is -2.16. The lowest BCUT2D eigenvalue weighted by Crippen LogP contribution is -2.44. The molecule has 2 rings (SSSR count). The summed E-state index contributed by atoms with van der Waals surface area (Å²) in [6.45, 7) is 1.89. The fraction of sp³-hybridized carbons (Fsp3) is 0.529. The van der Waals surface area contributed by atoms with Crippen LogP contribution in [0.3, 0.4) is 0 Å². The second-order valence-corrected chi connectivity index (χ2v) is 5.81. The predicted octanol–water partition coefficient (Wildman–Crippen LogP) is 0.878. The minimum atomic E-state index is -0.0487. The molecule has 1 aromatic rings. The highest BCUT2D eigenvalue weighted by Crippen LogP contribution is 2.27. The van der Waals surface area contributed by atoms with Gasteiger partial charge in [0.05, 0.1) is 13.2 Å². The van der Waals surface area contributed by atoms with Crippen molar-refractivity contribution in [3.8, 4) is 5.75 Å². The summed E-state index contributed by atoms with van der Waals surface area (Å²) in [6, 6.07) is 8.05. The smallest absolute Gasteiger partial charge is 0.243 e. The quantitative estimate of drug-likeness (QED) is 0.273. The van der Waals surface area contributed by atoms with Crippen molar-refractivity contribution in [1.29, 1.82) is 0 Å². The maximum atomic E-state index is 11.7. The van der Waals surface area contributed by atoms with Gasteiger partial charge in [0.25, 0.3) is 0 Å². The van der Waals surface area contributed by atoms with E-state index < -0.39 is 0 Å². The van der Waals surface area contributed by atoms with Gasteiger partial charge in [0, 0.05) is 34.2 Å². The standard InChI is InChI=1S/C17H26N4O3.HI/c1-21(2)16(22)12-20-17(18-8-9-23-3)19-11-14-10-13-6-4-5-7-15(13)24-14;/h4-7,14H,8-12H2,1-3H3,(H2,18,19,20);1H. The highest BCUT2D eigenvalue weighted by Gasteiger charge is 2.22. The SMILES string of the molecule is COCCNC(=NCC(=O)N(C)C)NCC1Cc2ccccc2O1.I. The average molecular weight is 462 g/mol. The van der Waals surface area contributed by atoms with Crippen LogP contribution in [-0.2, 0) is 16.0 Å². The van der Waals surface area contributed by atoms with Crippen LogP contribution in [0.15, 0.2) is 29.3 Å². The molecule has 140 valence electrons. The fourth-order valence-corrected chi connectivity index (χ4v) is 2.31. The van der Waals surface area contributed by atoms with Crippen LogP contribution < -0.4 is 15.4 Å². The predicted molar refractivity (Wildman–Crippen MR) is 109 cm³/mol. The Morgan fingerprint density at radius 3 is 2.80 bits per heavy atom. The second kappa shape index (κ2) is 11.1. The molecule has 25 heavy (non-hydrogen) atoms. The minimum Gasteiger partial charge on any atom is -0.488 e. The molecular formula is C17H27IN4O3. The van der Waals surface area contributed by atoms with Crippen LogP contribution in [0.2, 0.25) is 0 Å². The number of benzene rings is 1. The van der Waals surface area contributed by atoms with E-state index in [1.165, 1.54) is 10.5 Å². The molecule has 1 atom stereocenters. The Labute approximate surface area is 166 Å². The van der Waals surface area contributed by atoms with E-state index in [0.717, 1.165) is 12.2 Å². The highest BCUT2D eigenvalue weighted by atomic mass is 127. The summed E-state index contributed by atoms with van der Waals surface area (Å²) in [5, 5.41) is 6.38. The molecule has 0 aliphatic carbocycles. The summed E-state index contributed by atoms with van der Waals surface area (Å²) in [5.74, 6) is 1.48. The first-order valence-corrected chi connectivity index (χ1v) is 8.06. The topological polar surface area (TPSA) is 75.2 Å². The van der Waals surface area contributed by atoms with E-state index in [1.54, 1.807) is 21.2 Å². The third-order valence-electron chi connectivity index (χ3n) is 3.68. The van der Waals surface area contributed by atoms with E-state index in [1.807, 2.05) is 18.2 Å². The Bertz CT molecular complexity index is 556. The number of ether oxygens (including phenoxy) is 2. The van der Waals surface area contributed by atoms with Crippen molar-refractivity contribution >= 4 is 35.8 Å². The Balaban J connectivity index is 0.00000312. The van der Waals surface area contributed by atoms with Gasteiger partial charge in [-0.1, -0.05) is 18.2 Å². The van der Waals surface area contributed by atoms with E-state index in [9.17, 15) is 4.79 Å². The van der Waals surface area contributed by atoms with Crippen molar-refractivity contribution in [3.05, 3.63) is 29.8 Å². The summed E-state index contributed by atoms with van der Waals surface area (Å²) < 4.78 is 10.9. The number of hydrogen-bond acceptors (Lipinski definition) is 4. The van der Waals surface area contributed by atoms with Crippen LogP contribution >= 0.6 is 24.0 Å². The van der Waals surface area contributed by atoms with Gasteiger partial charge in [0.1, 0.15) is 18.4 Å². The van der Waals surface area contributed by atoms with Gasteiger partial charge in [-0.2, -0.15) is 0 Å². The molecule has 2 N–H and O–H groups in total. The molecule has 1 aromatic carbocycles. The van der Waals surface area contributed by atoms with E-state index in [-0.39, 0.29) is 42.5 Å². The Morgan fingerprint density at radius 2 is 2.12 bits per heavy atom. The van der Waals surface area contributed by atoms with Crippen LogP contribution in [0, 0.1) is 0 Å². The number of amides is 1. The van der Waals surface area contributed by atoms with Crippen LogP contribution in [0.5, 0.6) is 5.75 Å². The molecule has 8 heteroatoms. The van der Waals surface area contributed by atoms with Crippen molar-refractivity contribution in [3.63, 3.8) is 0 Å². The molecular weight excluding hydrogens is 435 g/mol. The van der Waals surface area contributed by atoms with Gasteiger partial charge in [0.2, 0.25) is 5.91 Å². The molecule has 1 amide bonds. The number of likely N-dealkylation sites (N-methyl/N-ethyl adjacent to an activating group) is 1. The first-order valence-electron chi connectivity index (χ1n) is 8.06. The van der Waals surface area contributed by atoms with Crippen LogP contribution in [0.1, 0.15) is 5.56 Å². The zero-order valence-electron chi connectivity index (χ0n) is 14.9. The van der Waals surface area contributed by atoms with Gasteiger partial charge >= 0.3 is 0 Å². The van der Waals surface area contributed by atoms with Crippen molar-refractivity contribution in [2.45, 2.75) is 12.5 Å². The van der Waals surface area contributed by atoms with Crippen molar-refractivity contribution in [1.82, 2.24) is 15.5 Å². The molecule has 0 aromatic heterocycles. The Kier molecular flexibility index (Phi) is 9.58. The molecule has 0 radical (unpaired) electrons. The molecule has 0 spiro atoms. The lowest BCUT2D eigenvalue weighted by atomic mass is 10.1. The molecule has 1 unspecified atom stereocenters. The van der Waals surface area contributed by atoms with Crippen molar-refractivity contribution in [2.24, 2.45) is 4.99 Å². The number of para-hydroxylation sites is 1. The summed E-state index contributed by atoms with van der Waals surface area (Å²) >= 11 is 0. The van der Waals surface area contributed by atoms with E-state index in [0.29, 0.717) is 25.7 Å². The highest BCUT2D eigenvalue weighted by molar-refractivity contribution is 14.0. The molecule has 1 aliphatic rings. The fourth-order valence-electron chi connectivity index (χ4n) is 2.31. The number of guanidine groups is 1. The van der Waals surface area contributed by atoms with Gasteiger partial charge in [-0.25, -0.2) is 4.99 Å². The molecule has 0 fully saturated rings. The first kappa shape index (κ1) is 21.5. The first-order chi connectivity index (χ1) is 11.6. The van der Waals surface area contributed by atoms with Gasteiger partial charge in [-0.15, -0.1) is 24.0 Å². The molecule has 7 nitrogen and oxygen atoms in total. The number of rotatable bonds is 7.